The molecule has 0 aromatic carbocycles. The molecule has 136 valence electrons. The van der Waals surface area contributed by atoms with Crippen LogP contribution in [0.5, 0.6) is 0 Å². The van der Waals surface area contributed by atoms with Gasteiger partial charge in [-0.25, -0.2) is 4.79 Å². The van der Waals surface area contributed by atoms with Crippen molar-refractivity contribution in [3.8, 4) is 0 Å². The van der Waals surface area contributed by atoms with Gasteiger partial charge < -0.3 is 9.47 Å². The third-order valence-electron chi connectivity index (χ3n) is 4.57. The van der Waals surface area contributed by atoms with Gasteiger partial charge in [-0.2, -0.15) is 9.48 Å². The Kier molecular flexibility index (Phi) is 5.71. The van der Waals surface area contributed by atoms with E-state index in [-0.39, 0.29) is 18.2 Å². The molecule has 1 fully saturated rings. The molecule has 3 heterocycles. The van der Waals surface area contributed by atoms with Crippen molar-refractivity contribution >= 4 is 35.8 Å². The average Bonchev–Trinajstić information content (AvgIpc) is 2.65. The highest BCUT2D eigenvalue weighted by molar-refractivity contribution is 8.03. The first-order valence-corrected chi connectivity index (χ1v) is 9.58. The fourth-order valence-electron chi connectivity index (χ4n) is 3.11. The molecule has 1 unspecified atom stereocenters. The van der Waals surface area contributed by atoms with Gasteiger partial charge in [-0.3, -0.25) is 4.79 Å². The zero-order valence-corrected chi connectivity index (χ0v) is 15.7. The lowest BCUT2D eigenvalue weighted by molar-refractivity contribution is -0.407. The molecule has 0 radical (unpaired) electrons. The Morgan fingerprint density at radius 3 is 2.76 bits per heavy atom. The monoisotopic (exact) mass is 366 g/mol. The van der Waals surface area contributed by atoms with Crippen LogP contribution in [0.3, 0.4) is 0 Å². The first-order valence-electron chi connectivity index (χ1n) is 8.59. The maximum Gasteiger partial charge on any atom is 0.445 e. The van der Waals surface area contributed by atoms with Crippen molar-refractivity contribution in [3.63, 3.8) is 0 Å². The Morgan fingerprint density at radius 1 is 1.36 bits per heavy atom. The first-order chi connectivity index (χ1) is 12.0. The molecule has 0 aromatic rings. The third-order valence-corrected chi connectivity index (χ3v) is 5.82. The second-order valence-corrected chi connectivity index (χ2v) is 7.33. The number of hydrogen-bond donors (Lipinski definition) is 0. The van der Waals surface area contributed by atoms with Crippen LogP contribution in [0.4, 0.5) is 4.79 Å². The quantitative estimate of drug-likeness (QED) is 0.695. The smallest absolute Gasteiger partial charge is 0.353 e. The summed E-state index contributed by atoms with van der Waals surface area (Å²) >= 11 is 1.64. The number of urea groups is 1. The molecule has 7 nitrogen and oxygen atoms in total. The normalized spacial score (nSPS) is 25.1. The highest BCUT2D eigenvalue weighted by Gasteiger charge is 2.48. The number of rotatable bonds is 5. The van der Waals surface area contributed by atoms with Crippen LogP contribution in [0.2, 0.25) is 0 Å². The number of ether oxygens (including phenoxy) is 2. The summed E-state index contributed by atoms with van der Waals surface area (Å²) in [5.74, 6) is 0.591. The molecule has 3 amide bonds. The predicted molar refractivity (Wildman–Crippen MR) is 96.0 cm³/mol. The van der Waals surface area contributed by atoms with E-state index in [1.165, 1.54) is 16.5 Å². The molecule has 1 atom stereocenters. The van der Waals surface area contributed by atoms with Crippen LogP contribution >= 0.6 is 11.8 Å². The van der Waals surface area contributed by atoms with E-state index in [1.54, 1.807) is 25.0 Å². The maximum absolute atomic E-state index is 12.7. The van der Waals surface area contributed by atoms with Gasteiger partial charge in [0.1, 0.15) is 6.21 Å². The van der Waals surface area contributed by atoms with Crippen molar-refractivity contribution in [2.24, 2.45) is 10.9 Å². The number of hydrogen-bond acceptors (Lipinski definition) is 6. The van der Waals surface area contributed by atoms with Gasteiger partial charge in [-0.05, 0) is 18.4 Å². The van der Waals surface area contributed by atoms with E-state index in [0.29, 0.717) is 5.84 Å². The number of carbonyl (C=O) groups excluding carboxylic acids is 2. The van der Waals surface area contributed by atoms with Crippen LogP contribution in [0.1, 0.15) is 26.2 Å². The van der Waals surface area contributed by atoms with Crippen LogP contribution in [0, 0.1) is 5.92 Å². The Hall–Kier alpha value is -1.51. The van der Waals surface area contributed by atoms with Crippen molar-refractivity contribution in [2.75, 3.05) is 33.1 Å². The van der Waals surface area contributed by atoms with E-state index in [9.17, 15) is 9.59 Å². The zero-order chi connectivity index (χ0) is 18.0. The van der Waals surface area contributed by atoms with Crippen molar-refractivity contribution in [1.29, 1.82) is 0 Å². The van der Waals surface area contributed by atoms with E-state index < -0.39 is 5.92 Å². The van der Waals surface area contributed by atoms with E-state index in [2.05, 4.69) is 4.99 Å². The standard InChI is InChI=1S/C17H24N3O4S/c1-4-11-10-18-15-13(16(21)20(3)17(22)19(15)2)14(11)25-9-6-12-23-7-5-8-24-12/h10,12-13H,4-9H2,1-3H3/q+1. The number of aliphatic imine (C=N–C) groups is 1. The van der Waals surface area contributed by atoms with Gasteiger partial charge in [0.25, 0.3) is 5.84 Å². The minimum absolute atomic E-state index is 0.165. The number of nitrogens with zero attached hydrogens (tertiary/aromatic N) is 3. The van der Waals surface area contributed by atoms with Crippen LogP contribution in [-0.2, 0) is 14.3 Å². The largest absolute Gasteiger partial charge is 0.445 e. The molecule has 25 heavy (non-hydrogen) atoms. The van der Waals surface area contributed by atoms with Crippen molar-refractivity contribution in [1.82, 2.24) is 4.90 Å². The topological polar surface area (TPSA) is 71.2 Å². The minimum atomic E-state index is -0.495. The summed E-state index contributed by atoms with van der Waals surface area (Å²) in [6, 6.07) is -0.346. The second kappa shape index (κ2) is 7.80. The molecule has 8 heteroatoms. The van der Waals surface area contributed by atoms with Crippen molar-refractivity contribution in [3.05, 3.63) is 10.5 Å². The van der Waals surface area contributed by atoms with E-state index in [1.807, 2.05) is 6.92 Å². The molecular formula is C17H24N3O4S+. The van der Waals surface area contributed by atoms with Gasteiger partial charge >= 0.3 is 11.9 Å². The lowest BCUT2D eigenvalue weighted by Gasteiger charge is -2.28. The highest BCUT2D eigenvalue weighted by atomic mass is 32.2. The molecule has 3 rings (SSSR count). The van der Waals surface area contributed by atoms with E-state index >= 15 is 0 Å². The summed E-state index contributed by atoms with van der Waals surface area (Å²) < 4.78 is 12.6. The molecule has 0 aliphatic carbocycles. The summed E-state index contributed by atoms with van der Waals surface area (Å²) in [5, 5.41) is 0. The number of fused-ring (bicyclic) bond motifs is 1. The molecular weight excluding hydrogens is 342 g/mol. The number of amidine groups is 1. The molecule has 0 saturated carbocycles. The average molecular weight is 366 g/mol. The van der Waals surface area contributed by atoms with Crippen molar-refractivity contribution < 1.29 is 23.6 Å². The number of allylic oxidation sites excluding steroid dienone is 1. The number of carbonyl (C=O) groups is 2. The van der Waals surface area contributed by atoms with Gasteiger partial charge in [0.2, 0.25) is 0 Å². The lowest BCUT2D eigenvalue weighted by Crippen LogP contribution is -2.52. The Morgan fingerprint density at radius 2 is 2.08 bits per heavy atom. The van der Waals surface area contributed by atoms with Gasteiger partial charge in [-0.1, -0.05) is 6.92 Å². The summed E-state index contributed by atoms with van der Waals surface area (Å²) in [5.41, 5.74) is 1.05. The molecule has 0 spiro atoms. The summed E-state index contributed by atoms with van der Waals surface area (Å²) in [6.45, 7) is 3.52. The fraction of sp³-hybridized carbons (Fsp3) is 0.647. The van der Waals surface area contributed by atoms with Crippen LogP contribution in [0.15, 0.2) is 15.5 Å². The van der Waals surface area contributed by atoms with Gasteiger partial charge in [-0.15, -0.1) is 16.8 Å². The van der Waals surface area contributed by atoms with Gasteiger partial charge in [0.05, 0.1) is 27.3 Å². The highest BCUT2D eigenvalue weighted by Crippen LogP contribution is 2.36. The Bertz CT molecular complexity index is 665. The molecule has 1 saturated heterocycles. The van der Waals surface area contributed by atoms with E-state index in [4.69, 9.17) is 9.47 Å². The number of imide groups is 1. The predicted octanol–water partition coefficient (Wildman–Crippen LogP) is 1.87. The molecule has 3 aliphatic heterocycles. The van der Waals surface area contributed by atoms with E-state index in [0.717, 1.165) is 48.7 Å². The Balaban J connectivity index is 1.79. The van der Waals surface area contributed by atoms with Gasteiger partial charge in [0, 0.05) is 17.1 Å². The van der Waals surface area contributed by atoms with Gasteiger partial charge in [0.15, 0.2) is 12.2 Å². The maximum atomic E-state index is 12.7. The zero-order valence-electron chi connectivity index (χ0n) is 14.9. The fourth-order valence-corrected chi connectivity index (χ4v) is 4.39. The molecule has 3 aliphatic rings. The summed E-state index contributed by atoms with van der Waals surface area (Å²) in [7, 11) is 3.18. The minimum Gasteiger partial charge on any atom is -0.353 e. The van der Waals surface area contributed by atoms with Crippen molar-refractivity contribution in [2.45, 2.75) is 32.5 Å². The second-order valence-electron chi connectivity index (χ2n) is 6.19. The first kappa shape index (κ1) is 18.3. The molecule has 0 aromatic heterocycles. The van der Waals surface area contributed by atoms with Crippen LogP contribution in [-0.4, -0.2) is 72.8 Å². The summed E-state index contributed by atoms with van der Waals surface area (Å²) in [6.07, 6.45) is 4.11. The molecule has 0 bridgehead atoms. The molecule has 0 N–H and O–H groups in total. The van der Waals surface area contributed by atoms with Crippen LogP contribution in [0.25, 0.3) is 0 Å². The number of dihydropyridines is 1. The third kappa shape index (κ3) is 3.56. The number of thioether (sulfide) groups is 1. The van der Waals surface area contributed by atoms with Crippen LogP contribution < -0.4 is 0 Å². The summed E-state index contributed by atoms with van der Waals surface area (Å²) in [4.78, 5) is 31.4. The Labute approximate surface area is 151 Å². The SMILES string of the molecule is CCC1=C(SCCC2OCCCO2)C2C(=O)N(C)C(=O)[N+](C)=C2N=C1. The lowest BCUT2D eigenvalue weighted by atomic mass is 9.97. The number of amides is 3.